The lowest BCUT2D eigenvalue weighted by Crippen LogP contribution is -2.28. The molecular weight excluding hydrogens is 388 g/mol. The van der Waals surface area contributed by atoms with E-state index in [1.807, 2.05) is 13.0 Å². The third-order valence-electron chi connectivity index (χ3n) is 4.45. The number of ether oxygens (including phenoxy) is 1. The molecule has 1 atom stereocenters. The predicted octanol–water partition coefficient (Wildman–Crippen LogP) is 4.49. The summed E-state index contributed by atoms with van der Waals surface area (Å²) in [4.78, 5) is 12.5. The van der Waals surface area contributed by atoms with Crippen molar-refractivity contribution in [3.63, 3.8) is 0 Å². The van der Waals surface area contributed by atoms with Gasteiger partial charge in [-0.3, -0.25) is 9.52 Å². The summed E-state index contributed by atoms with van der Waals surface area (Å²) >= 11 is 0. The molecule has 0 saturated carbocycles. The van der Waals surface area contributed by atoms with Gasteiger partial charge in [-0.15, -0.1) is 0 Å². The van der Waals surface area contributed by atoms with Crippen molar-refractivity contribution in [1.29, 1.82) is 0 Å². The first-order valence-electron chi connectivity index (χ1n) is 9.71. The van der Waals surface area contributed by atoms with E-state index in [1.54, 1.807) is 44.2 Å². The second kappa shape index (κ2) is 9.89. The van der Waals surface area contributed by atoms with E-state index in [-0.39, 0.29) is 10.8 Å². The van der Waals surface area contributed by atoms with E-state index in [0.717, 1.165) is 12.0 Å². The van der Waals surface area contributed by atoms with Crippen molar-refractivity contribution in [3.05, 3.63) is 53.6 Å². The highest BCUT2D eigenvalue weighted by Crippen LogP contribution is 2.23. The summed E-state index contributed by atoms with van der Waals surface area (Å²) in [6.45, 7) is 9.97. The Balaban J connectivity index is 2.13. The van der Waals surface area contributed by atoms with Gasteiger partial charge < -0.3 is 10.1 Å². The number of sulfonamides is 1. The van der Waals surface area contributed by atoms with Crippen LogP contribution in [0.15, 0.2) is 47.4 Å². The summed E-state index contributed by atoms with van der Waals surface area (Å²) in [5, 5.41) is 2.74. The van der Waals surface area contributed by atoms with Crippen LogP contribution in [-0.4, -0.2) is 27.0 Å². The zero-order valence-corrected chi connectivity index (χ0v) is 18.5. The monoisotopic (exact) mass is 418 g/mol. The van der Waals surface area contributed by atoms with Gasteiger partial charge in [0.15, 0.2) is 0 Å². The summed E-state index contributed by atoms with van der Waals surface area (Å²) in [6.07, 6.45) is 0.246. The molecule has 0 aromatic heterocycles. The standard InChI is InChI=1S/C22H30N2O4S/c1-15(2)11-12-28-18(5)22(25)23-19-10-9-17(4)21(14-19)29(26,27)24-20-8-6-7-16(3)13-20/h6-10,13-15,18,24H,11-12H2,1-5H3,(H,23,25)/t18-/m1/s1. The van der Waals surface area contributed by atoms with Crippen molar-refractivity contribution in [3.8, 4) is 0 Å². The summed E-state index contributed by atoms with van der Waals surface area (Å²) in [6, 6.07) is 12.0. The number of hydrogen-bond acceptors (Lipinski definition) is 4. The first-order chi connectivity index (χ1) is 13.6. The second-order valence-corrected chi connectivity index (χ2v) is 9.29. The normalized spacial score (nSPS) is 12.6. The van der Waals surface area contributed by atoms with Gasteiger partial charge in [-0.2, -0.15) is 0 Å². The molecule has 2 N–H and O–H groups in total. The summed E-state index contributed by atoms with van der Waals surface area (Å²) in [5.74, 6) is 0.184. The molecule has 6 nitrogen and oxygen atoms in total. The van der Waals surface area contributed by atoms with Gasteiger partial charge in [0, 0.05) is 18.0 Å². The van der Waals surface area contributed by atoms with Crippen molar-refractivity contribution >= 4 is 27.3 Å². The number of amides is 1. The number of nitrogens with one attached hydrogen (secondary N) is 2. The first kappa shape index (κ1) is 22.9. The van der Waals surface area contributed by atoms with Crippen LogP contribution in [0.1, 0.15) is 38.3 Å². The minimum atomic E-state index is -3.80. The lowest BCUT2D eigenvalue weighted by molar-refractivity contribution is -0.126. The summed E-state index contributed by atoms with van der Waals surface area (Å²) < 4.78 is 33.9. The third kappa shape index (κ3) is 6.87. The SMILES string of the molecule is Cc1cccc(NS(=O)(=O)c2cc(NC(=O)[C@@H](C)OCCC(C)C)ccc2C)c1. The van der Waals surface area contributed by atoms with E-state index in [0.29, 0.717) is 29.5 Å². The maximum absolute atomic E-state index is 12.9. The zero-order chi connectivity index (χ0) is 21.6. The average molecular weight is 419 g/mol. The van der Waals surface area contributed by atoms with Crippen molar-refractivity contribution < 1.29 is 17.9 Å². The molecule has 0 saturated heterocycles. The minimum absolute atomic E-state index is 0.116. The van der Waals surface area contributed by atoms with Crippen LogP contribution >= 0.6 is 0 Å². The Morgan fingerprint density at radius 2 is 1.76 bits per heavy atom. The van der Waals surface area contributed by atoms with Crippen LogP contribution in [0, 0.1) is 19.8 Å². The molecule has 2 aromatic rings. The van der Waals surface area contributed by atoms with Crippen molar-refractivity contribution in [2.24, 2.45) is 5.92 Å². The number of rotatable bonds is 9. The molecule has 0 aliphatic rings. The van der Waals surface area contributed by atoms with E-state index in [9.17, 15) is 13.2 Å². The van der Waals surface area contributed by atoms with Crippen LogP contribution < -0.4 is 10.0 Å². The zero-order valence-electron chi connectivity index (χ0n) is 17.7. The Morgan fingerprint density at radius 1 is 1.03 bits per heavy atom. The number of aryl methyl sites for hydroxylation is 2. The van der Waals surface area contributed by atoms with Crippen molar-refractivity contribution in [2.45, 2.75) is 52.0 Å². The molecular formula is C22H30N2O4S. The van der Waals surface area contributed by atoms with E-state index < -0.39 is 16.1 Å². The van der Waals surface area contributed by atoms with Gasteiger partial charge in [0.05, 0.1) is 4.90 Å². The van der Waals surface area contributed by atoms with Gasteiger partial charge in [-0.1, -0.05) is 32.0 Å². The molecule has 1 amide bonds. The van der Waals surface area contributed by atoms with Gasteiger partial charge in [-0.25, -0.2) is 8.42 Å². The van der Waals surface area contributed by atoms with Gasteiger partial charge in [0.1, 0.15) is 6.10 Å². The largest absolute Gasteiger partial charge is 0.369 e. The predicted molar refractivity (Wildman–Crippen MR) is 117 cm³/mol. The molecule has 0 bridgehead atoms. The van der Waals surface area contributed by atoms with E-state index >= 15 is 0 Å². The quantitative estimate of drug-likeness (QED) is 0.628. The summed E-state index contributed by atoms with van der Waals surface area (Å²) in [7, 11) is -3.80. The minimum Gasteiger partial charge on any atom is -0.369 e. The van der Waals surface area contributed by atoms with Crippen LogP contribution in [0.25, 0.3) is 0 Å². The molecule has 2 rings (SSSR count). The lowest BCUT2D eigenvalue weighted by atomic mass is 10.1. The van der Waals surface area contributed by atoms with Gasteiger partial charge in [0.25, 0.3) is 15.9 Å². The average Bonchev–Trinajstić information content (AvgIpc) is 2.62. The van der Waals surface area contributed by atoms with Crippen molar-refractivity contribution in [2.75, 3.05) is 16.6 Å². The first-order valence-corrected chi connectivity index (χ1v) is 11.2. The van der Waals surface area contributed by atoms with Crippen LogP contribution in [0.3, 0.4) is 0 Å². The highest BCUT2D eigenvalue weighted by Gasteiger charge is 2.19. The van der Waals surface area contributed by atoms with Gasteiger partial charge in [0.2, 0.25) is 0 Å². The fourth-order valence-electron chi connectivity index (χ4n) is 2.69. The number of carbonyl (C=O) groups is 1. The molecule has 29 heavy (non-hydrogen) atoms. The topological polar surface area (TPSA) is 84.5 Å². The Bertz CT molecular complexity index is 955. The lowest BCUT2D eigenvalue weighted by Gasteiger charge is -2.16. The number of benzene rings is 2. The molecule has 158 valence electrons. The molecule has 0 unspecified atom stereocenters. The van der Waals surface area contributed by atoms with Crippen LogP contribution in [-0.2, 0) is 19.6 Å². The number of anilines is 2. The summed E-state index contributed by atoms with van der Waals surface area (Å²) in [5.41, 5.74) is 2.44. The maximum atomic E-state index is 12.9. The molecule has 0 radical (unpaired) electrons. The maximum Gasteiger partial charge on any atom is 0.262 e. The Morgan fingerprint density at radius 3 is 2.41 bits per heavy atom. The molecule has 0 fully saturated rings. The molecule has 7 heteroatoms. The van der Waals surface area contributed by atoms with Gasteiger partial charge in [-0.05, 0) is 68.5 Å². The second-order valence-electron chi connectivity index (χ2n) is 7.64. The molecule has 2 aromatic carbocycles. The highest BCUT2D eigenvalue weighted by molar-refractivity contribution is 7.92. The Kier molecular flexibility index (Phi) is 7.81. The number of hydrogen-bond donors (Lipinski definition) is 2. The van der Waals surface area contributed by atoms with Gasteiger partial charge >= 0.3 is 0 Å². The van der Waals surface area contributed by atoms with Crippen LogP contribution in [0.4, 0.5) is 11.4 Å². The van der Waals surface area contributed by atoms with Crippen LogP contribution in [0.2, 0.25) is 0 Å². The van der Waals surface area contributed by atoms with E-state index in [4.69, 9.17) is 4.74 Å². The fraction of sp³-hybridized carbons (Fsp3) is 0.409. The Labute approximate surface area is 173 Å². The fourth-order valence-corrected chi connectivity index (χ4v) is 4.01. The third-order valence-corrected chi connectivity index (χ3v) is 5.97. The van der Waals surface area contributed by atoms with Crippen molar-refractivity contribution in [1.82, 2.24) is 0 Å². The van der Waals surface area contributed by atoms with Crippen LogP contribution in [0.5, 0.6) is 0 Å². The molecule has 0 heterocycles. The highest BCUT2D eigenvalue weighted by atomic mass is 32.2. The number of carbonyl (C=O) groups excluding carboxylic acids is 1. The smallest absolute Gasteiger partial charge is 0.262 e. The Hall–Kier alpha value is -2.38. The molecule has 0 aliphatic carbocycles. The van der Waals surface area contributed by atoms with E-state index in [1.165, 1.54) is 6.07 Å². The molecule has 0 spiro atoms. The van der Waals surface area contributed by atoms with E-state index in [2.05, 4.69) is 23.9 Å². The molecule has 0 aliphatic heterocycles.